The van der Waals surface area contributed by atoms with E-state index in [-0.39, 0.29) is 23.4 Å². The minimum absolute atomic E-state index is 0.00648. The van der Waals surface area contributed by atoms with Gasteiger partial charge in [-0.1, -0.05) is 20.8 Å². The molecule has 0 saturated carbocycles. The van der Waals surface area contributed by atoms with Gasteiger partial charge in [0, 0.05) is 13.1 Å². The first-order valence-electron chi connectivity index (χ1n) is 6.27. The average Bonchev–Trinajstić information content (AvgIpc) is 2.84. The lowest BCUT2D eigenvalue weighted by Gasteiger charge is -2.36. The van der Waals surface area contributed by atoms with Crippen LogP contribution in [0.2, 0.25) is 0 Å². The molecule has 2 rings (SSSR count). The van der Waals surface area contributed by atoms with Crippen molar-refractivity contribution in [1.82, 2.24) is 9.80 Å². The Morgan fingerprint density at radius 2 is 1.72 bits per heavy atom. The third-order valence-corrected chi connectivity index (χ3v) is 3.97. The lowest BCUT2D eigenvalue weighted by molar-refractivity contribution is -0.137. The van der Waals surface area contributed by atoms with Crippen LogP contribution in [-0.2, 0) is 4.79 Å². The molecule has 6 heteroatoms. The second-order valence-electron chi connectivity index (χ2n) is 6.31. The largest absolute Gasteiger partial charge is 0.465 e. The highest BCUT2D eigenvalue weighted by molar-refractivity contribution is 5.83. The third kappa shape index (κ3) is 2.05. The van der Waals surface area contributed by atoms with Gasteiger partial charge in [-0.25, -0.2) is 4.79 Å². The summed E-state index contributed by atoms with van der Waals surface area (Å²) < 4.78 is 0. The number of carbonyl (C=O) groups is 2. The van der Waals surface area contributed by atoms with E-state index in [0.29, 0.717) is 13.1 Å². The maximum atomic E-state index is 12.3. The van der Waals surface area contributed by atoms with Gasteiger partial charge in [-0.2, -0.15) is 0 Å². The minimum Gasteiger partial charge on any atom is -0.465 e. The Labute approximate surface area is 107 Å². The Bertz CT molecular complexity index is 377. The fraction of sp³-hybridized carbons (Fsp3) is 0.833. The van der Waals surface area contributed by atoms with E-state index >= 15 is 0 Å². The Kier molecular flexibility index (Phi) is 3.01. The van der Waals surface area contributed by atoms with Crippen LogP contribution in [-0.4, -0.2) is 58.1 Å². The van der Waals surface area contributed by atoms with Gasteiger partial charge in [0.25, 0.3) is 0 Å². The lowest BCUT2D eigenvalue weighted by atomic mass is 9.86. The normalized spacial score (nSPS) is 28.7. The van der Waals surface area contributed by atoms with Gasteiger partial charge in [0.15, 0.2) is 0 Å². The van der Waals surface area contributed by atoms with Crippen molar-refractivity contribution in [2.24, 2.45) is 11.1 Å². The molecule has 2 aliphatic heterocycles. The fourth-order valence-electron chi connectivity index (χ4n) is 2.72. The van der Waals surface area contributed by atoms with Crippen molar-refractivity contribution in [3.05, 3.63) is 0 Å². The summed E-state index contributed by atoms with van der Waals surface area (Å²) >= 11 is 0. The van der Waals surface area contributed by atoms with Gasteiger partial charge in [0.05, 0.1) is 18.1 Å². The minimum atomic E-state index is -0.894. The number of carboxylic acid groups (broad SMARTS) is 1. The van der Waals surface area contributed by atoms with Crippen LogP contribution in [0.25, 0.3) is 0 Å². The zero-order valence-corrected chi connectivity index (χ0v) is 11.1. The quantitative estimate of drug-likeness (QED) is 0.706. The predicted molar refractivity (Wildman–Crippen MR) is 66.1 cm³/mol. The van der Waals surface area contributed by atoms with Gasteiger partial charge >= 0.3 is 6.09 Å². The van der Waals surface area contributed by atoms with Gasteiger partial charge in [0.2, 0.25) is 5.91 Å². The van der Waals surface area contributed by atoms with Gasteiger partial charge in [-0.05, 0) is 11.8 Å². The average molecular weight is 255 g/mol. The number of amides is 2. The molecule has 2 saturated heterocycles. The number of likely N-dealkylation sites (tertiary alicyclic amines) is 2. The molecule has 2 bridgehead atoms. The molecule has 18 heavy (non-hydrogen) atoms. The number of nitrogens with zero attached hydrogens (tertiary/aromatic N) is 2. The number of hydrogen-bond acceptors (Lipinski definition) is 3. The molecule has 0 aromatic carbocycles. The zero-order chi connectivity index (χ0) is 13.7. The molecule has 0 radical (unpaired) electrons. The van der Waals surface area contributed by atoms with Crippen molar-refractivity contribution in [3.8, 4) is 0 Å². The summed E-state index contributed by atoms with van der Waals surface area (Å²) in [6, 6.07) is -0.578. The van der Waals surface area contributed by atoms with Gasteiger partial charge in [0.1, 0.15) is 0 Å². The summed E-state index contributed by atoms with van der Waals surface area (Å²) in [7, 11) is 0. The van der Waals surface area contributed by atoms with E-state index in [0.717, 1.165) is 6.42 Å². The molecule has 3 atom stereocenters. The molecular formula is C12H21N3O3. The van der Waals surface area contributed by atoms with Crippen molar-refractivity contribution >= 4 is 12.0 Å². The molecular weight excluding hydrogens is 234 g/mol. The van der Waals surface area contributed by atoms with Gasteiger partial charge in [-0.3, -0.25) is 4.79 Å². The van der Waals surface area contributed by atoms with Crippen LogP contribution >= 0.6 is 0 Å². The summed E-state index contributed by atoms with van der Waals surface area (Å²) in [6.07, 6.45) is -0.149. The highest BCUT2D eigenvalue weighted by Gasteiger charge is 2.48. The summed E-state index contributed by atoms with van der Waals surface area (Å²) in [5.74, 6) is -0.0555. The number of rotatable bonds is 1. The maximum Gasteiger partial charge on any atom is 0.407 e. The topological polar surface area (TPSA) is 86.9 Å². The number of nitrogens with two attached hydrogens (primary N) is 1. The second kappa shape index (κ2) is 4.12. The third-order valence-electron chi connectivity index (χ3n) is 3.97. The molecule has 0 aliphatic carbocycles. The van der Waals surface area contributed by atoms with E-state index in [2.05, 4.69) is 0 Å². The number of piperazine rings is 1. The number of hydrogen-bond donors (Lipinski definition) is 2. The van der Waals surface area contributed by atoms with E-state index in [4.69, 9.17) is 10.8 Å². The smallest absolute Gasteiger partial charge is 0.407 e. The van der Waals surface area contributed by atoms with Crippen molar-refractivity contribution in [2.45, 2.75) is 45.3 Å². The number of fused-ring (bicyclic) bond motifs is 2. The molecule has 2 fully saturated rings. The number of carbonyl (C=O) groups excluding carboxylic acids is 1. The van der Waals surface area contributed by atoms with Crippen LogP contribution in [0.15, 0.2) is 0 Å². The van der Waals surface area contributed by atoms with Crippen molar-refractivity contribution in [1.29, 1.82) is 0 Å². The summed E-state index contributed by atoms with van der Waals surface area (Å²) in [5.41, 5.74) is 5.71. The SMILES string of the molecule is CC(C)(C)[C@H](N)C(=O)N1C[C@@H]2C[C@H]1CN2C(=O)O. The molecule has 2 aliphatic rings. The summed E-state index contributed by atoms with van der Waals surface area (Å²) in [5, 5.41) is 9.00. The van der Waals surface area contributed by atoms with Crippen LogP contribution in [0.3, 0.4) is 0 Å². The standard InChI is InChI=1S/C12H21N3O3/c1-12(2,3)9(13)10(16)14-5-8-4-7(14)6-15(8)11(17)18/h7-9H,4-6,13H2,1-3H3,(H,17,18)/t7-,8-,9+/m0/s1. The van der Waals surface area contributed by atoms with E-state index < -0.39 is 12.1 Å². The Morgan fingerprint density at radius 1 is 1.22 bits per heavy atom. The highest BCUT2D eigenvalue weighted by Crippen LogP contribution is 2.32. The molecule has 2 heterocycles. The molecule has 0 spiro atoms. The van der Waals surface area contributed by atoms with Crippen LogP contribution < -0.4 is 5.73 Å². The molecule has 2 amide bonds. The summed E-state index contributed by atoms with van der Waals surface area (Å²) in [6.45, 7) is 6.72. The predicted octanol–water partition coefficient (Wildman–Crippen LogP) is 0.323. The molecule has 0 unspecified atom stereocenters. The van der Waals surface area contributed by atoms with Crippen LogP contribution in [0.5, 0.6) is 0 Å². The molecule has 3 N–H and O–H groups in total. The van der Waals surface area contributed by atoms with Crippen LogP contribution in [0.1, 0.15) is 27.2 Å². The molecule has 6 nitrogen and oxygen atoms in total. The second-order valence-corrected chi connectivity index (χ2v) is 6.31. The zero-order valence-electron chi connectivity index (χ0n) is 11.1. The highest BCUT2D eigenvalue weighted by atomic mass is 16.4. The summed E-state index contributed by atoms with van der Waals surface area (Å²) in [4.78, 5) is 26.4. The maximum absolute atomic E-state index is 12.3. The molecule has 102 valence electrons. The Balaban J connectivity index is 2.03. The first-order valence-corrected chi connectivity index (χ1v) is 6.27. The van der Waals surface area contributed by atoms with Gasteiger partial charge < -0.3 is 20.6 Å². The van der Waals surface area contributed by atoms with Crippen LogP contribution in [0, 0.1) is 5.41 Å². The van der Waals surface area contributed by atoms with E-state index in [1.807, 2.05) is 20.8 Å². The fourth-order valence-corrected chi connectivity index (χ4v) is 2.72. The van der Waals surface area contributed by atoms with E-state index in [9.17, 15) is 9.59 Å². The Morgan fingerprint density at radius 3 is 2.11 bits per heavy atom. The van der Waals surface area contributed by atoms with E-state index in [1.165, 1.54) is 4.90 Å². The molecule has 0 aromatic heterocycles. The monoisotopic (exact) mass is 255 g/mol. The van der Waals surface area contributed by atoms with Crippen LogP contribution in [0.4, 0.5) is 4.79 Å². The van der Waals surface area contributed by atoms with E-state index in [1.54, 1.807) is 4.90 Å². The first kappa shape index (κ1) is 13.1. The van der Waals surface area contributed by atoms with Gasteiger partial charge in [-0.15, -0.1) is 0 Å². The van der Waals surface area contributed by atoms with Crippen molar-refractivity contribution < 1.29 is 14.7 Å². The Hall–Kier alpha value is -1.30. The molecule has 0 aromatic rings. The first-order chi connectivity index (χ1) is 8.21. The van der Waals surface area contributed by atoms with Crippen molar-refractivity contribution in [2.75, 3.05) is 13.1 Å². The van der Waals surface area contributed by atoms with Crippen molar-refractivity contribution in [3.63, 3.8) is 0 Å². The lowest BCUT2D eigenvalue weighted by Crippen LogP contribution is -2.56.